The van der Waals surface area contributed by atoms with E-state index in [1.54, 1.807) is 12.1 Å². The smallest absolute Gasteiger partial charge is 0.306 e. The van der Waals surface area contributed by atoms with E-state index in [-0.39, 0.29) is 18.5 Å². The Morgan fingerprint density at radius 3 is 2.59 bits per heavy atom. The van der Waals surface area contributed by atoms with Crippen LogP contribution in [0.1, 0.15) is 32.1 Å². The van der Waals surface area contributed by atoms with Gasteiger partial charge in [-0.05, 0) is 61.3 Å². The highest BCUT2D eigenvalue weighted by Crippen LogP contribution is 2.49. The van der Waals surface area contributed by atoms with E-state index >= 15 is 0 Å². The summed E-state index contributed by atoms with van der Waals surface area (Å²) in [7, 11) is 0. The molecule has 2 saturated carbocycles. The number of carbonyl (C=O) groups is 2. The molecular formula is C17H20BrNO3. The van der Waals surface area contributed by atoms with Crippen molar-refractivity contribution < 1.29 is 14.3 Å². The summed E-state index contributed by atoms with van der Waals surface area (Å²) in [6, 6.07) is 7.27. The van der Waals surface area contributed by atoms with E-state index in [0.29, 0.717) is 23.9 Å². The van der Waals surface area contributed by atoms with Gasteiger partial charge in [0.05, 0.1) is 0 Å². The minimum atomic E-state index is -0.302. The van der Waals surface area contributed by atoms with Gasteiger partial charge in [-0.25, -0.2) is 0 Å². The van der Waals surface area contributed by atoms with Gasteiger partial charge in [0.1, 0.15) is 0 Å². The summed E-state index contributed by atoms with van der Waals surface area (Å²) in [6.07, 6.45) is 5.48. The minimum absolute atomic E-state index is 0.213. The van der Waals surface area contributed by atoms with Gasteiger partial charge in [0, 0.05) is 16.6 Å². The predicted octanol–water partition coefficient (Wildman–Crippen LogP) is 3.76. The Kier molecular flexibility index (Phi) is 4.81. The van der Waals surface area contributed by atoms with E-state index in [9.17, 15) is 9.59 Å². The number of ether oxygens (including phenoxy) is 1. The van der Waals surface area contributed by atoms with Gasteiger partial charge in [-0.15, -0.1) is 0 Å². The molecule has 0 radical (unpaired) electrons. The highest BCUT2D eigenvalue weighted by molar-refractivity contribution is 9.10. The molecule has 118 valence electrons. The molecule has 0 spiro atoms. The molecule has 5 heteroatoms. The molecule has 4 nitrogen and oxygen atoms in total. The monoisotopic (exact) mass is 365 g/mol. The van der Waals surface area contributed by atoms with Crippen LogP contribution < -0.4 is 5.32 Å². The second-order valence-corrected chi connectivity index (χ2v) is 7.27. The van der Waals surface area contributed by atoms with Gasteiger partial charge < -0.3 is 10.1 Å². The van der Waals surface area contributed by atoms with E-state index in [1.165, 1.54) is 19.3 Å². The average Bonchev–Trinajstić information content (AvgIpc) is 3.10. The van der Waals surface area contributed by atoms with Crippen LogP contribution in [0.15, 0.2) is 28.7 Å². The highest BCUT2D eigenvalue weighted by Gasteiger charge is 2.40. The van der Waals surface area contributed by atoms with E-state index in [4.69, 9.17) is 4.74 Å². The summed E-state index contributed by atoms with van der Waals surface area (Å²) in [6.45, 7) is -0.213. The highest BCUT2D eigenvalue weighted by atomic mass is 79.9. The first kappa shape index (κ1) is 15.5. The lowest BCUT2D eigenvalue weighted by atomic mass is 9.86. The first-order valence-electron chi connectivity index (χ1n) is 7.81. The molecule has 2 aliphatic carbocycles. The van der Waals surface area contributed by atoms with E-state index in [2.05, 4.69) is 21.2 Å². The van der Waals surface area contributed by atoms with Gasteiger partial charge in [-0.2, -0.15) is 0 Å². The lowest BCUT2D eigenvalue weighted by Gasteiger charge is -2.20. The number of halogens is 1. The number of rotatable bonds is 5. The lowest BCUT2D eigenvalue weighted by molar-refractivity contribution is -0.148. The van der Waals surface area contributed by atoms with Crippen molar-refractivity contribution in [3.63, 3.8) is 0 Å². The van der Waals surface area contributed by atoms with Crippen LogP contribution in [0.3, 0.4) is 0 Å². The SMILES string of the molecule is O=C(COC(=O)C[C@H]1C[C@@H]2CC[C@@H]1C2)Nc1ccc(Br)cc1. The summed E-state index contributed by atoms with van der Waals surface area (Å²) in [5.74, 6) is 1.45. The molecule has 3 rings (SSSR count). The van der Waals surface area contributed by atoms with Crippen LogP contribution >= 0.6 is 15.9 Å². The minimum Gasteiger partial charge on any atom is -0.456 e. The third-order valence-corrected chi connectivity index (χ3v) is 5.33. The average molecular weight is 366 g/mol. The van der Waals surface area contributed by atoms with Gasteiger partial charge in [-0.1, -0.05) is 22.4 Å². The second kappa shape index (κ2) is 6.82. The summed E-state index contributed by atoms with van der Waals surface area (Å²) >= 11 is 3.33. The molecule has 0 heterocycles. The summed E-state index contributed by atoms with van der Waals surface area (Å²) in [5, 5.41) is 2.71. The first-order valence-corrected chi connectivity index (χ1v) is 8.60. The van der Waals surface area contributed by atoms with Gasteiger partial charge in [0.15, 0.2) is 6.61 Å². The Morgan fingerprint density at radius 2 is 1.95 bits per heavy atom. The maximum absolute atomic E-state index is 11.9. The van der Waals surface area contributed by atoms with Gasteiger partial charge >= 0.3 is 5.97 Å². The summed E-state index contributed by atoms with van der Waals surface area (Å²) in [5.41, 5.74) is 0.692. The Hall–Kier alpha value is -1.36. The lowest BCUT2D eigenvalue weighted by Crippen LogP contribution is -2.23. The van der Waals surface area contributed by atoms with E-state index in [1.807, 2.05) is 12.1 Å². The second-order valence-electron chi connectivity index (χ2n) is 6.35. The Bertz CT molecular complexity index is 558. The third kappa shape index (κ3) is 3.88. The van der Waals surface area contributed by atoms with Crippen LogP contribution in [0.4, 0.5) is 5.69 Å². The topological polar surface area (TPSA) is 55.4 Å². The number of carbonyl (C=O) groups excluding carboxylic acids is 2. The zero-order valence-corrected chi connectivity index (χ0v) is 14.0. The van der Waals surface area contributed by atoms with Crippen molar-refractivity contribution in [3.8, 4) is 0 Å². The molecule has 1 aromatic rings. The van der Waals surface area contributed by atoms with Gasteiger partial charge in [-0.3, -0.25) is 9.59 Å². The van der Waals surface area contributed by atoms with Crippen molar-refractivity contribution in [2.45, 2.75) is 32.1 Å². The molecular weight excluding hydrogens is 346 g/mol. The van der Waals surface area contributed by atoms with Crippen molar-refractivity contribution in [3.05, 3.63) is 28.7 Å². The van der Waals surface area contributed by atoms with Crippen LogP contribution in [0.25, 0.3) is 0 Å². The molecule has 2 fully saturated rings. The largest absolute Gasteiger partial charge is 0.456 e. The molecule has 1 amide bonds. The van der Waals surface area contributed by atoms with Gasteiger partial charge in [0.2, 0.25) is 0 Å². The molecule has 22 heavy (non-hydrogen) atoms. The standard InChI is InChI=1S/C17H20BrNO3/c18-14-3-5-15(6-4-14)19-16(20)10-22-17(21)9-13-8-11-1-2-12(13)7-11/h3-6,11-13H,1-2,7-10H2,(H,19,20)/t11-,12-,13-/m1/s1. The van der Waals surface area contributed by atoms with E-state index in [0.717, 1.165) is 16.8 Å². The molecule has 0 unspecified atom stereocenters. The summed E-state index contributed by atoms with van der Waals surface area (Å²) in [4.78, 5) is 23.6. The fourth-order valence-electron chi connectivity index (χ4n) is 3.78. The van der Waals surface area contributed by atoms with Crippen LogP contribution in [-0.2, 0) is 14.3 Å². The van der Waals surface area contributed by atoms with Crippen molar-refractivity contribution >= 4 is 33.5 Å². The van der Waals surface area contributed by atoms with Crippen LogP contribution in [-0.4, -0.2) is 18.5 Å². The Balaban J connectivity index is 1.39. The maximum atomic E-state index is 11.9. The van der Waals surface area contributed by atoms with Crippen LogP contribution in [0.2, 0.25) is 0 Å². The zero-order chi connectivity index (χ0) is 15.5. The molecule has 1 aromatic carbocycles. The molecule has 0 aromatic heterocycles. The number of fused-ring (bicyclic) bond motifs is 2. The first-order chi connectivity index (χ1) is 10.6. The number of esters is 1. The maximum Gasteiger partial charge on any atom is 0.306 e. The Labute approximate surface area is 138 Å². The Morgan fingerprint density at radius 1 is 1.18 bits per heavy atom. The molecule has 2 bridgehead atoms. The number of nitrogens with one attached hydrogen (secondary N) is 1. The number of anilines is 1. The summed E-state index contributed by atoms with van der Waals surface area (Å²) < 4.78 is 6.06. The molecule has 0 saturated heterocycles. The van der Waals surface area contributed by atoms with Gasteiger partial charge in [0.25, 0.3) is 5.91 Å². The quantitative estimate of drug-likeness (QED) is 0.808. The molecule has 2 aliphatic rings. The zero-order valence-electron chi connectivity index (χ0n) is 12.4. The van der Waals surface area contributed by atoms with Crippen molar-refractivity contribution in [2.24, 2.45) is 17.8 Å². The number of amides is 1. The number of hydrogen-bond donors (Lipinski definition) is 1. The predicted molar refractivity (Wildman–Crippen MR) is 87.3 cm³/mol. The van der Waals surface area contributed by atoms with Crippen molar-refractivity contribution in [1.82, 2.24) is 0 Å². The third-order valence-electron chi connectivity index (χ3n) is 4.81. The molecule has 1 N–H and O–H groups in total. The van der Waals surface area contributed by atoms with Crippen LogP contribution in [0, 0.1) is 17.8 Å². The van der Waals surface area contributed by atoms with Crippen molar-refractivity contribution in [2.75, 3.05) is 11.9 Å². The van der Waals surface area contributed by atoms with E-state index < -0.39 is 0 Å². The fraction of sp³-hybridized carbons (Fsp3) is 0.529. The number of benzene rings is 1. The number of hydrogen-bond acceptors (Lipinski definition) is 3. The van der Waals surface area contributed by atoms with Crippen molar-refractivity contribution in [1.29, 1.82) is 0 Å². The molecule has 0 aliphatic heterocycles. The normalized spacial score (nSPS) is 26.0. The fourth-order valence-corrected chi connectivity index (χ4v) is 4.04. The van der Waals surface area contributed by atoms with Crippen LogP contribution in [0.5, 0.6) is 0 Å². The molecule has 3 atom stereocenters.